The lowest BCUT2D eigenvalue weighted by molar-refractivity contribution is -0.180. The predicted octanol–water partition coefficient (Wildman–Crippen LogP) is 5.46. The summed E-state index contributed by atoms with van der Waals surface area (Å²) in [5, 5.41) is 16.0. The van der Waals surface area contributed by atoms with Gasteiger partial charge < -0.3 is 30.0 Å². The number of methoxy groups -OCH3 is 1. The fourth-order valence-electron chi connectivity index (χ4n) is 5.15. The van der Waals surface area contributed by atoms with Crippen molar-refractivity contribution in [3.05, 3.63) is 76.6 Å². The van der Waals surface area contributed by atoms with Crippen molar-refractivity contribution in [2.45, 2.75) is 83.6 Å². The lowest BCUT2D eigenvalue weighted by atomic mass is 9.90. The second-order valence-electron chi connectivity index (χ2n) is 13.3. The van der Waals surface area contributed by atoms with Crippen molar-refractivity contribution in [3.8, 4) is 5.75 Å². The Balaban J connectivity index is 1.96. The number of alkyl halides is 1. The Labute approximate surface area is 296 Å². The lowest BCUT2D eigenvalue weighted by Gasteiger charge is -2.32. The number of carbonyl (C=O) groups excluding carboxylic acids is 4. The summed E-state index contributed by atoms with van der Waals surface area (Å²) in [5.41, 5.74) is -0.177. The number of benzene rings is 2. The van der Waals surface area contributed by atoms with Crippen LogP contribution in [0.3, 0.4) is 0 Å². The molecule has 3 rings (SSSR count). The number of rotatable bonds is 9. The van der Waals surface area contributed by atoms with Crippen molar-refractivity contribution in [2.24, 2.45) is 17.3 Å². The Morgan fingerprint density at radius 3 is 2.35 bits per heavy atom. The van der Waals surface area contributed by atoms with Gasteiger partial charge in [0.15, 0.2) is 6.10 Å². The number of hydrogen-bond donors (Lipinski definition) is 3. The number of carbonyl (C=O) groups is 4. The van der Waals surface area contributed by atoms with Gasteiger partial charge in [-0.25, -0.2) is 9.18 Å². The summed E-state index contributed by atoms with van der Waals surface area (Å²) in [6.07, 6.45) is -0.740. The topological polar surface area (TPSA) is 140 Å². The molecule has 2 aromatic rings. The average Bonchev–Trinajstić information content (AvgIpc) is 3.04. The Morgan fingerprint density at radius 1 is 1.06 bits per heavy atom. The number of hydrogen-bond acceptors (Lipinski definition) is 8. The van der Waals surface area contributed by atoms with E-state index in [9.17, 15) is 28.7 Å². The summed E-state index contributed by atoms with van der Waals surface area (Å²) in [6.45, 7) is 8.30. The van der Waals surface area contributed by atoms with Crippen molar-refractivity contribution in [1.29, 1.82) is 0 Å². The maximum absolute atomic E-state index is 13.6. The number of esters is 2. The summed E-state index contributed by atoms with van der Waals surface area (Å²) in [4.78, 5) is 53.6. The monoisotopic (exact) mass is 722 g/mol. The molecule has 2 amide bonds. The molecule has 3 N–H and O–H groups in total. The number of aliphatic hydroxyl groups excluding tert-OH is 1. The van der Waals surface area contributed by atoms with Crippen LogP contribution in [-0.2, 0) is 35.1 Å². The molecular formula is C36H45Cl2FN2O8. The van der Waals surface area contributed by atoms with Crippen LogP contribution in [-0.4, -0.2) is 66.9 Å². The van der Waals surface area contributed by atoms with Crippen LogP contribution < -0.4 is 15.4 Å². The number of nitrogens with one attached hydrogen (secondary N) is 2. The largest absolute Gasteiger partial charge is 0.495 e. The molecule has 10 nitrogen and oxygen atoms in total. The number of aliphatic hydroxyl groups is 1. The minimum atomic E-state index is -1.29. The minimum Gasteiger partial charge on any atom is -0.495 e. The first-order valence-electron chi connectivity index (χ1n) is 16.1. The number of halogens is 3. The highest BCUT2D eigenvalue weighted by atomic mass is 35.5. The Morgan fingerprint density at radius 2 is 1.73 bits per heavy atom. The smallest absolute Gasteiger partial charge is 0.347 e. The average molecular weight is 724 g/mol. The fourth-order valence-corrected chi connectivity index (χ4v) is 5.80. The quantitative estimate of drug-likeness (QED) is 0.229. The van der Waals surface area contributed by atoms with E-state index in [2.05, 4.69) is 10.6 Å². The van der Waals surface area contributed by atoms with Gasteiger partial charge in [0, 0.05) is 25.3 Å². The van der Waals surface area contributed by atoms with Crippen LogP contribution in [0.1, 0.15) is 64.0 Å². The van der Waals surface area contributed by atoms with Crippen molar-refractivity contribution in [3.63, 3.8) is 0 Å². The van der Waals surface area contributed by atoms with E-state index < -0.39 is 70.6 Å². The highest BCUT2D eigenvalue weighted by Gasteiger charge is 2.38. The van der Waals surface area contributed by atoms with E-state index >= 15 is 0 Å². The van der Waals surface area contributed by atoms with Gasteiger partial charge in [-0.05, 0) is 67.7 Å². The summed E-state index contributed by atoms with van der Waals surface area (Å²) in [7, 11) is 1.48. The number of ether oxygens (including phenoxy) is 3. The van der Waals surface area contributed by atoms with Gasteiger partial charge in [0.2, 0.25) is 11.8 Å². The molecule has 0 radical (unpaired) electrons. The van der Waals surface area contributed by atoms with E-state index in [-0.39, 0.29) is 31.7 Å². The van der Waals surface area contributed by atoms with Crippen molar-refractivity contribution >= 4 is 47.0 Å². The highest BCUT2D eigenvalue weighted by Crippen LogP contribution is 2.32. The Hall–Kier alpha value is -3.67. The zero-order valence-electron chi connectivity index (χ0n) is 28.5. The van der Waals surface area contributed by atoms with Crippen LogP contribution in [0.25, 0.3) is 0 Å². The first kappa shape index (κ1) is 39.8. The summed E-state index contributed by atoms with van der Waals surface area (Å²) in [5.74, 6) is -3.62. The molecule has 268 valence electrons. The normalized spacial score (nSPS) is 23.4. The van der Waals surface area contributed by atoms with E-state index in [1.165, 1.54) is 43.5 Å². The van der Waals surface area contributed by atoms with Crippen molar-refractivity contribution in [2.75, 3.05) is 13.7 Å². The maximum atomic E-state index is 13.6. The first-order valence-corrected chi connectivity index (χ1v) is 16.9. The fraction of sp³-hybridized carbons (Fsp3) is 0.500. The predicted molar refractivity (Wildman–Crippen MR) is 184 cm³/mol. The van der Waals surface area contributed by atoms with E-state index in [1.807, 2.05) is 13.8 Å². The van der Waals surface area contributed by atoms with Gasteiger partial charge in [-0.15, -0.1) is 11.6 Å². The molecule has 1 aliphatic rings. The molecule has 0 aromatic heterocycles. The van der Waals surface area contributed by atoms with Crippen LogP contribution in [0.2, 0.25) is 5.02 Å². The Bertz CT molecular complexity index is 1500. The van der Waals surface area contributed by atoms with E-state index in [4.69, 9.17) is 37.4 Å². The van der Waals surface area contributed by atoms with Crippen LogP contribution in [0.15, 0.2) is 54.6 Å². The zero-order valence-corrected chi connectivity index (χ0v) is 30.0. The van der Waals surface area contributed by atoms with Gasteiger partial charge in [-0.1, -0.05) is 56.6 Å². The molecule has 1 heterocycles. The SMILES string of the molecule is COc1ccc(C[C@H]2NC(=O)/C=C/CC([C@H](C)C(O)C(Cl)c3ccc(F)cc3)OC(=O)[C@H](CC(C)C)OC(=O)C(C)(C)CNC2=O)cc1Cl. The van der Waals surface area contributed by atoms with Crippen LogP contribution in [0, 0.1) is 23.1 Å². The van der Waals surface area contributed by atoms with Gasteiger partial charge in [0.05, 0.1) is 29.0 Å². The van der Waals surface area contributed by atoms with Crippen molar-refractivity contribution < 1.29 is 42.9 Å². The maximum Gasteiger partial charge on any atom is 0.347 e. The van der Waals surface area contributed by atoms with Gasteiger partial charge in [0.1, 0.15) is 23.7 Å². The number of cyclic esters (lactones) is 2. The molecule has 6 atom stereocenters. The molecule has 0 fully saturated rings. The third-order valence-corrected chi connectivity index (χ3v) is 9.07. The van der Waals surface area contributed by atoms with Crippen LogP contribution >= 0.6 is 23.2 Å². The molecule has 0 saturated heterocycles. The summed E-state index contributed by atoms with van der Waals surface area (Å²) in [6, 6.07) is 9.28. The van der Waals surface area contributed by atoms with Gasteiger partial charge in [-0.2, -0.15) is 0 Å². The molecule has 0 saturated carbocycles. The van der Waals surface area contributed by atoms with Crippen molar-refractivity contribution in [1.82, 2.24) is 10.6 Å². The molecule has 0 spiro atoms. The molecular weight excluding hydrogens is 678 g/mol. The third kappa shape index (κ3) is 11.4. The van der Waals surface area contributed by atoms with Crippen LogP contribution in [0.4, 0.5) is 4.39 Å². The summed E-state index contributed by atoms with van der Waals surface area (Å²) < 4.78 is 30.3. The van der Waals surface area contributed by atoms with E-state index in [0.29, 0.717) is 21.9 Å². The second-order valence-corrected chi connectivity index (χ2v) is 14.2. The molecule has 3 unspecified atom stereocenters. The van der Waals surface area contributed by atoms with E-state index in [1.54, 1.807) is 39.0 Å². The number of amides is 2. The molecule has 2 aromatic carbocycles. The second kappa shape index (κ2) is 17.8. The third-order valence-electron chi connectivity index (χ3n) is 8.26. The Kier molecular flexibility index (Phi) is 14.5. The standard InChI is InChI=1S/C36H45Cl2FN2O8/c1-20(2)16-29-34(45)48-27(21(3)32(43)31(38)23-11-13-24(39)14-12-23)8-7-9-30(42)41-26(18-22-10-15-28(47-6)25(37)17-22)33(44)40-19-36(4,5)35(46)49-29/h7,9-15,17,20-21,26-27,29,31-32,43H,8,16,18-19H2,1-6H3,(H,40,44)(H,41,42)/b9-7+/t21-,26+,27?,29-,31?,32?/m0/s1. The van der Waals surface area contributed by atoms with Gasteiger partial charge in [-0.3, -0.25) is 14.4 Å². The van der Waals surface area contributed by atoms with Crippen LogP contribution in [0.5, 0.6) is 5.75 Å². The highest BCUT2D eigenvalue weighted by molar-refractivity contribution is 6.32. The molecule has 13 heteroatoms. The first-order chi connectivity index (χ1) is 23.0. The molecule has 0 aliphatic carbocycles. The lowest BCUT2D eigenvalue weighted by Crippen LogP contribution is -2.51. The van der Waals surface area contributed by atoms with Gasteiger partial charge in [0.25, 0.3) is 0 Å². The molecule has 1 aliphatic heterocycles. The molecule has 49 heavy (non-hydrogen) atoms. The minimum absolute atomic E-state index is 0.0385. The zero-order chi connectivity index (χ0) is 36.5. The summed E-state index contributed by atoms with van der Waals surface area (Å²) >= 11 is 12.9. The van der Waals surface area contributed by atoms with E-state index in [0.717, 1.165) is 0 Å². The molecule has 0 bridgehead atoms. The van der Waals surface area contributed by atoms with Gasteiger partial charge >= 0.3 is 11.9 Å².